The average Bonchev–Trinajstić information content (AvgIpc) is 2.77. The molecule has 0 spiro atoms. The SMILES string of the molecule is CCOC(=O)C1CCCN1Cc1cccc(Br)c1. The first-order chi connectivity index (χ1) is 8.70. The van der Waals surface area contributed by atoms with E-state index in [0.717, 1.165) is 30.4 Å². The van der Waals surface area contributed by atoms with Crippen molar-refractivity contribution >= 4 is 21.9 Å². The van der Waals surface area contributed by atoms with Gasteiger partial charge in [-0.25, -0.2) is 0 Å². The molecular formula is C14H18BrNO2. The average molecular weight is 312 g/mol. The van der Waals surface area contributed by atoms with E-state index in [0.29, 0.717) is 6.61 Å². The smallest absolute Gasteiger partial charge is 0.323 e. The van der Waals surface area contributed by atoms with Crippen molar-refractivity contribution in [3.8, 4) is 0 Å². The number of hydrogen-bond donors (Lipinski definition) is 0. The Bertz CT molecular complexity index is 422. The van der Waals surface area contributed by atoms with Crippen LogP contribution in [0.25, 0.3) is 0 Å². The molecule has 1 unspecified atom stereocenters. The summed E-state index contributed by atoms with van der Waals surface area (Å²) in [6.07, 6.45) is 1.98. The molecule has 1 saturated heterocycles. The molecule has 1 aliphatic heterocycles. The van der Waals surface area contributed by atoms with Crippen LogP contribution < -0.4 is 0 Å². The number of esters is 1. The monoisotopic (exact) mass is 311 g/mol. The number of nitrogens with zero attached hydrogens (tertiary/aromatic N) is 1. The van der Waals surface area contributed by atoms with Crippen LogP contribution >= 0.6 is 15.9 Å². The van der Waals surface area contributed by atoms with Crippen molar-refractivity contribution < 1.29 is 9.53 Å². The molecule has 4 heteroatoms. The van der Waals surface area contributed by atoms with E-state index in [1.165, 1.54) is 5.56 Å². The molecule has 0 radical (unpaired) electrons. The molecule has 18 heavy (non-hydrogen) atoms. The van der Waals surface area contributed by atoms with Crippen LogP contribution in [0, 0.1) is 0 Å². The summed E-state index contributed by atoms with van der Waals surface area (Å²) >= 11 is 3.47. The summed E-state index contributed by atoms with van der Waals surface area (Å²) in [5.41, 5.74) is 1.22. The first-order valence-corrected chi connectivity index (χ1v) is 7.15. The van der Waals surface area contributed by atoms with Gasteiger partial charge in [0.05, 0.1) is 6.61 Å². The molecule has 0 aromatic heterocycles. The molecule has 0 N–H and O–H groups in total. The first kappa shape index (κ1) is 13.6. The summed E-state index contributed by atoms with van der Waals surface area (Å²) in [7, 11) is 0. The highest BCUT2D eigenvalue weighted by Crippen LogP contribution is 2.22. The number of ether oxygens (including phenoxy) is 1. The third-order valence-electron chi connectivity index (χ3n) is 3.20. The second-order valence-electron chi connectivity index (χ2n) is 4.51. The fraction of sp³-hybridized carbons (Fsp3) is 0.500. The van der Waals surface area contributed by atoms with Crippen molar-refractivity contribution in [3.05, 3.63) is 34.3 Å². The Morgan fingerprint density at radius 1 is 1.56 bits per heavy atom. The minimum atomic E-state index is -0.0787. The lowest BCUT2D eigenvalue weighted by Crippen LogP contribution is -2.36. The van der Waals surface area contributed by atoms with Crippen LogP contribution in [-0.2, 0) is 16.1 Å². The number of halogens is 1. The van der Waals surface area contributed by atoms with Crippen molar-refractivity contribution in [1.82, 2.24) is 4.90 Å². The third-order valence-corrected chi connectivity index (χ3v) is 3.69. The van der Waals surface area contributed by atoms with Gasteiger partial charge in [-0.1, -0.05) is 28.1 Å². The van der Waals surface area contributed by atoms with Gasteiger partial charge in [-0.15, -0.1) is 0 Å². The van der Waals surface area contributed by atoms with E-state index in [2.05, 4.69) is 33.0 Å². The zero-order chi connectivity index (χ0) is 13.0. The Balaban J connectivity index is 2.01. The summed E-state index contributed by atoms with van der Waals surface area (Å²) in [4.78, 5) is 14.0. The topological polar surface area (TPSA) is 29.5 Å². The van der Waals surface area contributed by atoms with E-state index >= 15 is 0 Å². The van der Waals surface area contributed by atoms with Crippen molar-refractivity contribution in [3.63, 3.8) is 0 Å². The molecule has 1 aromatic carbocycles. The van der Waals surface area contributed by atoms with Gasteiger partial charge in [-0.2, -0.15) is 0 Å². The van der Waals surface area contributed by atoms with Crippen LogP contribution in [0.15, 0.2) is 28.7 Å². The molecule has 1 heterocycles. The van der Waals surface area contributed by atoms with Gasteiger partial charge in [0, 0.05) is 11.0 Å². The summed E-state index contributed by atoms with van der Waals surface area (Å²) in [5, 5.41) is 0. The van der Waals surface area contributed by atoms with E-state index < -0.39 is 0 Å². The summed E-state index contributed by atoms with van der Waals surface area (Å²) in [5.74, 6) is -0.0787. The van der Waals surface area contributed by atoms with Gasteiger partial charge in [0.2, 0.25) is 0 Å². The number of carbonyl (C=O) groups is 1. The van der Waals surface area contributed by atoms with Crippen molar-refractivity contribution in [2.45, 2.75) is 32.4 Å². The summed E-state index contributed by atoms with van der Waals surface area (Å²) in [6.45, 7) is 4.09. The number of likely N-dealkylation sites (tertiary alicyclic amines) is 1. The summed E-state index contributed by atoms with van der Waals surface area (Å²) in [6, 6.07) is 8.15. The van der Waals surface area contributed by atoms with Crippen LogP contribution in [0.1, 0.15) is 25.3 Å². The Hall–Kier alpha value is -0.870. The maximum Gasteiger partial charge on any atom is 0.323 e. The van der Waals surface area contributed by atoms with Gasteiger partial charge < -0.3 is 4.74 Å². The van der Waals surface area contributed by atoms with Crippen molar-refractivity contribution in [2.75, 3.05) is 13.2 Å². The maximum atomic E-state index is 11.8. The zero-order valence-electron chi connectivity index (χ0n) is 10.6. The molecule has 1 atom stereocenters. The lowest BCUT2D eigenvalue weighted by Gasteiger charge is -2.22. The minimum absolute atomic E-state index is 0.0658. The molecule has 98 valence electrons. The lowest BCUT2D eigenvalue weighted by atomic mass is 10.2. The molecule has 1 aromatic rings. The largest absolute Gasteiger partial charge is 0.465 e. The molecule has 0 aliphatic carbocycles. The predicted octanol–water partition coefficient (Wildman–Crippen LogP) is 2.98. The normalized spacial score (nSPS) is 20.0. The van der Waals surface area contributed by atoms with E-state index in [9.17, 15) is 4.79 Å². The second kappa shape index (κ2) is 6.34. The van der Waals surface area contributed by atoms with Crippen molar-refractivity contribution in [1.29, 1.82) is 0 Å². The lowest BCUT2D eigenvalue weighted by molar-refractivity contribution is -0.148. The Labute approximate surface area is 116 Å². The first-order valence-electron chi connectivity index (χ1n) is 6.36. The number of benzene rings is 1. The van der Waals surface area contributed by atoms with Gasteiger partial charge in [0.1, 0.15) is 6.04 Å². The van der Waals surface area contributed by atoms with E-state index in [1.54, 1.807) is 0 Å². The standard InChI is InChI=1S/C14H18BrNO2/c1-2-18-14(17)13-7-4-8-16(13)10-11-5-3-6-12(15)9-11/h3,5-6,9,13H,2,4,7-8,10H2,1H3. The summed E-state index contributed by atoms with van der Waals surface area (Å²) < 4.78 is 6.20. The van der Waals surface area contributed by atoms with Crippen LogP contribution in [0.2, 0.25) is 0 Å². The van der Waals surface area contributed by atoms with Gasteiger partial charge in [0.15, 0.2) is 0 Å². The molecular weight excluding hydrogens is 294 g/mol. The Morgan fingerprint density at radius 2 is 2.39 bits per heavy atom. The minimum Gasteiger partial charge on any atom is -0.465 e. The highest BCUT2D eigenvalue weighted by Gasteiger charge is 2.31. The van der Waals surface area contributed by atoms with Crippen LogP contribution in [0.4, 0.5) is 0 Å². The zero-order valence-corrected chi connectivity index (χ0v) is 12.1. The van der Waals surface area contributed by atoms with E-state index in [1.807, 2.05) is 19.1 Å². The van der Waals surface area contributed by atoms with Gasteiger partial charge in [-0.05, 0) is 44.0 Å². The van der Waals surface area contributed by atoms with Gasteiger partial charge in [0.25, 0.3) is 0 Å². The molecule has 3 nitrogen and oxygen atoms in total. The van der Waals surface area contributed by atoms with E-state index in [4.69, 9.17) is 4.74 Å². The highest BCUT2D eigenvalue weighted by atomic mass is 79.9. The van der Waals surface area contributed by atoms with Crippen LogP contribution in [0.5, 0.6) is 0 Å². The van der Waals surface area contributed by atoms with Crippen molar-refractivity contribution in [2.24, 2.45) is 0 Å². The predicted molar refractivity (Wildman–Crippen MR) is 74.2 cm³/mol. The number of hydrogen-bond acceptors (Lipinski definition) is 3. The second-order valence-corrected chi connectivity index (χ2v) is 5.43. The van der Waals surface area contributed by atoms with Gasteiger partial charge in [-0.3, -0.25) is 9.69 Å². The molecule has 1 fully saturated rings. The third kappa shape index (κ3) is 3.33. The Kier molecular flexibility index (Phi) is 4.78. The fourth-order valence-corrected chi connectivity index (χ4v) is 2.84. The maximum absolute atomic E-state index is 11.8. The fourth-order valence-electron chi connectivity index (χ4n) is 2.39. The quantitative estimate of drug-likeness (QED) is 0.801. The Morgan fingerprint density at radius 3 is 3.11 bits per heavy atom. The molecule has 0 amide bonds. The highest BCUT2D eigenvalue weighted by molar-refractivity contribution is 9.10. The van der Waals surface area contributed by atoms with Crippen LogP contribution in [-0.4, -0.2) is 30.1 Å². The molecule has 0 saturated carbocycles. The van der Waals surface area contributed by atoms with Gasteiger partial charge >= 0.3 is 5.97 Å². The van der Waals surface area contributed by atoms with Crippen LogP contribution in [0.3, 0.4) is 0 Å². The van der Waals surface area contributed by atoms with E-state index in [-0.39, 0.29) is 12.0 Å². The molecule has 0 bridgehead atoms. The molecule has 1 aliphatic rings. The number of rotatable bonds is 4. The molecule has 2 rings (SSSR count). The number of carbonyl (C=O) groups excluding carboxylic acids is 1.